The van der Waals surface area contributed by atoms with Gasteiger partial charge >= 0.3 is 0 Å². The lowest BCUT2D eigenvalue weighted by molar-refractivity contribution is -0.116. The van der Waals surface area contributed by atoms with E-state index in [4.69, 9.17) is 0 Å². The second-order valence-electron chi connectivity index (χ2n) is 6.95. The molecule has 2 aromatic rings. The van der Waals surface area contributed by atoms with Gasteiger partial charge in [-0.25, -0.2) is 23.1 Å². The van der Waals surface area contributed by atoms with Crippen LogP contribution in [0.15, 0.2) is 41.6 Å². The molecule has 0 aliphatic heterocycles. The molecule has 0 unspecified atom stereocenters. The fourth-order valence-corrected chi connectivity index (χ4v) is 2.94. The first-order chi connectivity index (χ1) is 12.1. The molecule has 1 heterocycles. The average Bonchev–Trinajstić information content (AvgIpc) is 2.60. The summed E-state index contributed by atoms with van der Waals surface area (Å²) >= 11 is 0. The third-order valence-corrected chi connectivity index (χ3v) is 5.18. The lowest BCUT2D eigenvalue weighted by Gasteiger charge is -2.16. The topological polar surface area (TPSA) is 101 Å². The Morgan fingerprint density at radius 3 is 2.15 bits per heavy atom. The van der Waals surface area contributed by atoms with Gasteiger partial charge in [0, 0.05) is 11.8 Å². The Hall–Kier alpha value is -2.32. The first-order valence-corrected chi connectivity index (χ1v) is 9.75. The highest BCUT2D eigenvalue weighted by atomic mass is 32.2. The maximum absolute atomic E-state index is 12.1. The van der Waals surface area contributed by atoms with Crippen molar-refractivity contribution in [3.63, 3.8) is 0 Å². The largest absolute Gasteiger partial charge is 0.323 e. The van der Waals surface area contributed by atoms with E-state index < -0.39 is 10.0 Å². The molecule has 140 valence electrons. The van der Waals surface area contributed by atoms with Crippen molar-refractivity contribution >= 4 is 21.6 Å². The number of hydrogen-bond acceptors (Lipinski definition) is 5. The van der Waals surface area contributed by atoms with Crippen LogP contribution in [-0.4, -0.2) is 31.3 Å². The maximum atomic E-state index is 12.1. The van der Waals surface area contributed by atoms with Gasteiger partial charge in [0.05, 0.1) is 23.0 Å². The van der Waals surface area contributed by atoms with Crippen molar-refractivity contribution in [2.24, 2.45) is 0 Å². The molecule has 0 aliphatic rings. The summed E-state index contributed by atoms with van der Waals surface area (Å²) in [4.78, 5) is 20.8. The zero-order chi connectivity index (χ0) is 19.4. The van der Waals surface area contributed by atoms with Crippen LogP contribution in [0.4, 0.5) is 5.69 Å². The Kier molecular flexibility index (Phi) is 6.09. The quantitative estimate of drug-likeness (QED) is 0.805. The van der Waals surface area contributed by atoms with Crippen LogP contribution < -0.4 is 10.0 Å². The van der Waals surface area contributed by atoms with Gasteiger partial charge in [-0.1, -0.05) is 32.9 Å². The van der Waals surface area contributed by atoms with Crippen molar-refractivity contribution in [1.82, 2.24) is 14.7 Å². The molecule has 0 spiro atoms. The van der Waals surface area contributed by atoms with E-state index in [0.717, 1.165) is 5.56 Å². The summed E-state index contributed by atoms with van der Waals surface area (Å²) < 4.78 is 25.6. The smallest absolute Gasteiger partial charge is 0.240 e. The molecule has 7 nitrogen and oxygen atoms in total. The number of anilines is 1. The van der Waals surface area contributed by atoms with Crippen LogP contribution in [0.3, 0.4) is 0 Å². The van der Waals surface area contributed by atoms with E-state index in [1.54, 1.807) is 24.5 Å². The van der Waals surface area contributed by atoms with Crippen molar-refractivity contribution in [1.29, 1.82) is 0 Å². The van der Waals surface area contributed by atoms with E-state index >= 15 is 0 Å². The van der Waals surface area contributed by atoms with Crippen molar-refractivity contribution in [2.75, 3.05) is 12.4 Å². The van der Waals surface area contributed by atoms with Crippen LogP contribution >= 0.6 is 0 Å². The number of nitrogens with one attached hydrogen (secondary N) is 2. The number of carbonyl (C=O) groups is 1. The van der Waals surface area contributed by atoms with Gasteiger partial charge in [0.2, 0.25) is 15.9 Å². The molecule has 1 amide bonds. The molecule has 2 rings (SSSR count). The summed E-state index contributed by atoms with van der Waals surface area (Å²) in [7, 11) is -2.08. The predicted octanol–water partition coefficient (Wildman–Crippen LogP) is 2.25. The molecule has 0 saturated carbocycles. The van der Waals surface area contributed by atoms with Crippen molar-refractivity contribution in [3.8, 4) is 0 Å². The molecule has 2 N–H and O–H groups in total. The number of aryl methyl sites for hydroxylation is 1. The zero-order valence-corrected chi connectivity index (χ0v) is 16.2. The number of aromatic nitrogens is 2. The Balaban J connectivity index is 1.91. The Morgan fingerprint density at radius 2 is 1.65 bits per heavy atom. The minimum Gasteiger partial charge on any atom is -0.323 e. The monoisotopic (exact) mass is 376 g/mol. The molecular formula is C18H24N4O3S. The number of benzene rings is 1. The molecular weight excluding hydrogens is 352 g/mol. The van der Waals surface area contributed by atoms with Crippen molar-refractivity contribution in [2.45, 2.75) is 43.9 Å². The first-order valence-electron chi connectivity index (χ1n) is 8.27. The molecule has 1 aromatic carbocycles. The second kappa shape index (κ2) is 7.92. The number of nitrogens with zero attached hydrogens (tertiary/aromatic N) is 2. The highest BCUT2D eigenvalue weighted by molar-refractivity contribution is 7.89. The normalized spacial score (nSPS) is 12.0. The predicted molar refractivity (Wildman–Crippen MR) is 100 cm³/mol. The molecule has 0 saturated heterocycles. The van der Waals surface area contributed by atoms with Crippen molar-refractivity contribution in [3.05, 3.63) is 48.0 Å². The number of amides is 1. The van der Waals surface area contributed by atoms with Crippen LogP contribution in [-0.2, 0) is 26.7 Å². The summed E-state index contributed by atoms with van der Waals surface area (Å²) in [6.07, 6.45) is 3.98. The molecule has 0 atom stereocenters. The van der Waals surface area contributed by atoms with Gasteiger partial charge < -0.3 is 5.32 Å². The van der Waals surface area contributed by atoms with E-state index in [2.05, 4.69) is 20.0 Å². The first kappa shape index (κ1) is 20.0. The van der Waals surface area contributed by atoms with Gasteiger partial charge in [0.1, 0.15) is 5.82 Å². The average molecular weight is 376 g/mol. The van der Waals surface area contributed by atoms with Crippen LogP contribution in [0.1, 0.15) is 38.6 Å². The number of rotatable bonds is 6. The van der Waals surface area contributed by atoms with Gasteiger partial charge in [0.15, 0.2) is 0 Å². The molecule has 1 aromatic heterocycles. The molecule has 0 bridgehead atoms. The van der Waals surface area contributed by atoms with Gasteiger partial charge in [-0.05, 0) is 31.2 Å². The van der Waals surface area contributed by atoms with Gasteiger partial charge in [-0.15, -0.1) is 0 Å². The maximum Gasteiger partial charge on any atom is 0.240 e. The van der Waals surface area contributed by atoms with E-state index in [1.165, 1.54) is 19.2 Å². The number of carbonyl (C=O) groups excluding carboxylic acids is 1. The molecule has 0 aliphatic carbocycles. The summed E-state index contributed by atoms with van der Waals surface area (Å²) in [5.74, 6) is 0.566. The summed E-state index contributed by atoms with van der Waals surface area (Å²) in [6.45, 7) is 6.06. The standard InChI is InChI=1S/C18H24N4O3S/c1-18(2,3)17-20-11-14(12-21-17)22-16(23)10-7-13-5-8-15(9-6-13)26(24,25)19-4/h5-6,8-9,11-12,19H,7,10H2,1-4H3,(H,22,23). The Bertz CT molecular complexity index is 855. The Morgan fingerprint density at radius 1 is 1.08 bits per heavy atom. The fraction of sp³-hybridized carbons (Fsp3) is 0.389. The molecule has 26 heavy (non-hydrogen) atoms. The fourth-order valence-electron chi connectivity index (χ4n) is 2.21. The molecule has 0 fully saturated rings. The number of hydrogen-bond donors (Lipinski definition) is 2. The second-order valence-corrected chi connectivity index (χ2v) is 8.83. The summed E-state index contributed by atoms with van der Waals surface area (Å²) in [5.41, 5.74) is 1.29. The van der Waals surface area contributed by atoms with E-state index in [1.807, 2.05) is 20.8 Å². The third-order valence-electron chi connectivity index (χ3n) is 3.75. The minimum atomic E-state index is -3.44. The summed E-state index contributed by atoms with van der Waals surface area (Å²) in [5, 5.41) is 2.77. The van der Waals surface area contributed by atoms with Crippen LogP contribution in [0.25, 0.3) is 0 Å². The van der Waals surface area contributed by atoms with Crippen LogP contribution in [0.2, 0.25) is 0 Å². The van der Waals surface area contributed by atoms with Gasteiger partial charge in [0.25, 0.3) is 0 Å². The van der Waals surface area contributed by atoms with Crippen LogP contribution in [0.5, 0.6) is 0 Å². The minimum absolute atomic E-state index is 0.143. The molecule has 0 radical (unpaired) electrons. The Labute approximate surface area is 154 Å². The van der Waals surface area contributed by atoms with Crippen LogP contribution in [0, 0.1) is 0 Å². The SMILES string of the molecule is CNS(=O)(=O)c1ccc(CCC(=O)Nc2cnc(C(C)(C)C)nc2)cc1. The highest BCUT2D eigenvalue weighted by Gasteiger charge is 2.17. The lowest BCUT2D eigenvalue weighted by atomic mass is 9.96. The lowest BCUT2D eigenvalue weighted by Crippen LogP contribution is -2.18. The van der Waals surface area contributed by atoms with Gasteiger partial charge in [-0.3, -0.25) is 4.79 Å². The van der Waals surface area contributed by atoms with Crippen molar-refractivity contribution < 1.29 is 13.2 Å². The van der Waals surface area contributed by atoms with Gasteiger partial charge in [-0.2, -0.15) is 0 Å². The summed E-state index contributed by atoms with van der Waals surface area (Å²) in [6, 6.07) is 6.47. The van der Waals surface area contributed by atoms with E-state index in [-0.39, 0.29) is 22.6 Å². The van der Waals surface area contributed by atoms with E-state index in [0.29, 0.717) is 17.9 Å². The number of sulfonamides is 1. The highest BCUT2D eigenvalue weighted by Crippen LogP contribution is 2.18. The van der Waals surface area contributed by atoms with E-state index in [9.17, 15) is 13.2 Å². The molecule has 8 heteroatoms. The zero-order valence-electron chi connectivity index (χ0n) is 15.4. The third kappa shape index (κ3) is 5.34.